The van der Waals surface area contributed by atoms with Gasteiger partial charge in [0.25, 0.3) is 0 Å². The van der Waals surface area contributed by atoms with Gasteiger partial charge in [-0.15, -0.1) is 0 Å². The Bertz CT molecular complexity index is 609. The van der Waals surface area contributed by atoms with Crippen LogP contribution in [0, 0.1) is 0 Å². The van der Waals surface area contributed by atoms with Gasteiger partial charge in [0.15, 0.2) is 0 Å². The first-order chi connectivity index (χ1) is 11.7. The highest BCUT2D eigenvalue weighted by Crippen LogP contribution is 2.21. The standard InChI is InChI=1S/C19H23N3O2/c23-17-12-5-4-10-15(17)21-19(24)22-18(14-8-2-1-3-9-14)16-11-6-7-13-20-16/h1-3,6-9,11,13,15,17-18,23H,4-5,10,12H2,(H2,21,22,24). The van der Waals surface area contributed by atoms with Gasteiger partial charge in [-0.25, -0.2) is 4.79 Å². The number of aromatic nitrogens is 1. The van der Waals surface area contributed by atoms with Gasteiger partial charge in [-0.05, 0) is 30.5 Å². The molecule has 0 radical (unpaired) electrons. The Hall–Kier alpha value is -2.40. The summed E-state index contributed by atoms with van der Waals surface area (Å²) in [7, 11) is 0. The SMILES string of the molecule is O=C(NC(c1ccccc1)c1ccccn1)NC1CCCCC1O. The molecule has 24 heavy (non-hydrogen) atoms. The molecule has 1 fully saturated rings. The molecule has 1 heterocycles. The Morgan fingerprint density at radius 3 is 2.54 bits per heavy atom. The Morgan fingerprint density at radius 1 is 1.08 bits per heavy atom. The number of carbonyl (C=O) groups excluding carboxylic acids is 1. The van der Waals surface area contributed by atoms with Crippen LogP contribution in [0.5, 0.6) is 0 Å². The molecule has 5 nitrogen and oxygen atoms in total. The first kappa shape index (κ1) is 16.5. The molecule has 1 aromatic carbocycles. The van der Waals surface area contributed by atoms with Gasteiger partial charge < -0.3 is 15.7 Å². The number of carbonyl (C=O) groups is 1. The van der Waals surface area contributed by atoms with Gasteiger partial charge in [0.2, 0.25) is 0 Å². The van der Waals surface area contributed by atoms with Crippen molar-refractivity contribution < 1.29 is 9.90 Å². The lowest BCUT2D eigenvalue weighted by molar-refractivity contribution is 0.0941. The molecule has 1 aliphatic carbocycles. The van der Waals surface area contributed by atoms with Crippen LogP contribution in [0.15, 0.2) is 54.7 Å². The smallest absolute Gasteiger partial charge is 0.315 e. The predicted octanol–water partition coefficient (Wildman–Crippen LogP) is 2.77. The zero-order valence-corrected chi connectivity index (χ0v) is 13.6. The van der Waals surface area contributed by atoms with E-state index in [0.717, 1.165) is 36.9 Å². The van der Waals surface area contributed by atoms with Crippen LogP contribution in [0.2, 0.25) is 0 Å². The van der Waals surface area contributed by atoms with Crippen LogP contribution in [0.4, 0.5) is 4.79 Å². The monoisotopic (exact) mass is 325 g/mol. The minimum atomic E-state index is -0.463. The molecule has 1 saturated carbocycles. The number of nitrogens with zero attached hydrogens (tertiary/aromatic N) is 1. The van der Waals surface area contributed by atoms with Gasteiger partial charge in [0.05, 0.1) is 23.9 Å². The maximum Gasteiger partial charge on any atom is 0.315 e. The van der Waals surface area contributed by atoms with Crippen molar-refractivity contribution >= 4 is 6.03 Å². The molecule has 5 heteroatoms. The topological polar surface area (TPSA) is 74.2 Å². The van der Waals surface area contributed by atoms with Gasteiger partial charge in [0, 0.05) is 6.20 Å². The van der Waals surface area contributed by atoms with E-state index in [1.807, 2.05) is 48.5 Å². The average molecular weight is 325 g/mol. The van der Waals surface area contributed by atoms with Crippen molar-refractivity contribution in [2.24, 2.45) is 0 Å². The third-order valence-electron chi connectivity index (χ3n) is 4.44. The summed E-state index contributed by atoms with van der Waals surface area (Å²) in [5.41, 5.74) is 1.75. The van der Waals surface area contributed by atoms with Crippen molar-refractivity contribution in [1.82, 2.24) is 15.6 Å². The minimum absolute atomic E-state index is 0.182. The van der Waals surface area contributed by atoms with E-state index in [2.05, 4.69) is 15.6 Å². The van der Waals surface area contributed by atoms with Gasteiger partial charge >= 0.3 is 6.03 Å². The number of pyridine rings is 1. The molecule has 2 amide bonds. The number of hydrogen-bond donors (Lipinski definition) is 3. The van der Waals surface area contributed by atoms with Crippen molar-refractivity contribution in [3.8, 4) is 0 Å². The third-order valence-corrected chi connectivity index (χ3v) is 4.44. The van der Waals surface area contributed by atoms with Crippen LogP contribution < -0.4 is 10.6 Å². The van der Waals surface area contributed by atoms with Crippen LogP contribution in [0.3, 0.4) is 0 Å². The highest BCUT2D eigenvalue weighted by Gasteiger charge is 2.26. The summed E-state index contributed by atoms with van der Waals surface area (Å²) in [5.74, 6) is 0. The predicted molar refractivity (Wildman–Crippen MR) is 92.5 cm³/mol. The van der Waals surface area contributed by atoms with E-state index in [-0.39, 0.29) is 18.1 Å². The normalized spacial score (nSPS) is 21.7. The Kier molecular flexibility index (Phi) is 5.43. The van der Waals surface area contributed by atoms with E-state index in [4.69, 9.17) is 0 Å². The molecule has 3 rings (SSSR count). The molecule has 0 saturated heterocycles. The second-order valence-electron chi connectivity index (χ2n) is 6.17. The number of hydrogen-bond acceptors (Lipinski definition) is 3. The van der Waals surface area contributed by atoms with Crippen molar-refractivity contribution in [2.45, 2.75) is 43.9 Å². The minimum Gasteiger partial charge on any atom is -0.391 e. The van der Waals surface area contributed by atoms with E-state index in [1.54, 1.807) is 6.20 Å². The average Bonchev–Trinajstić information content (AvgIpc) is 2.63. The van der Waals surface area contributed by atoms with Crippen LogP contribution in [0.1, 0.15) is 43.0 Å². The van der Waals surface area contributed by atoms with E-state index in [1.165, 1.54) is 0 Å². The fraction of sp³-hybridized carbons (Fsp3) is 0.368. The maximum atomic E-state index is 12.5. The van der Waals surface area contributed by atoms with Gasteiger partial charge in [-0.1, -0.05) is 49.2 Å². The van der Waals surface area contributed by atoms with Crippen LogP contribution >= 0.6 is 0 Å². The molecule has 3 atom stereocenters. The Balaban J connectivity index is 1.73. The molecule has 1 aromatic heterocycles. The zero-order chi connectivity index (χ0) is 16.8. The molecular weight excluding hydrogens is 302 g/mol. The molecule has 0 bridgehead atoms. The molecule has 0 aliphatic heterocycles. The van der Waals surface area contributed by atoms with Crippen LogP contribution in [-0.2, 0) is 0 Å². The number of benzene rings is 1. The third kappa shape index (κ3) is 4.11. The lowest BCUT2D eigenvalue weighted by atomic mass is 9.93. The fourth-order valence-electron chi connectivity index (χ4n) is 3.14. The lowest BCUT2D eigenvalue weighted by Crippen LogP contribution is -2.49. The molecule has 3 N–H and O–H groups in total. The number of rotatable bonds is 4. The Morgan fingerprint density at radius 2 is 1.83 bits per heavy atom. The van der Waals surface area contributed by atoms with E-state index in [9.17, 15) is 9.90 Å². The van der Waals surface area contributed by atoms with Crippen molar-refractivity contribution in [3.05, 3.63) is 66.0 Å². The van der Waals surface area contributed by atoms with E-state index < -0.39 is 6.10 Å². The molecule has 126 valence electrons. The number of nitrogens with one attached hydrogen (secondary N) is 2. The number of amides is 2. The highest BCUT2D eigenvalue weighted by molar-refractivity contribution is 5.75. The molecule has 3 unspecified atom stereocenters. The van der Waals surface area contributed by atoms with Gasteiger partial charge in [0.1, 0.15) is 0 Å². The molecule has 2 aromatic rings. The van der Waals surface area contributed by atoms with E-state index in [0.29, 0.717) is 0 Å². The summed E-state index contributed by atoms with van der Waals surface area (Å²) in [6, 6.07) is 14.6. The summed E-state index contributed by atoms with van der Waals surface area (Å²) in [6.07, 6.45) is 4.86. The highest BCUT2D eigenvalue weighted by atomic mass is 16.3. The molecule has 1 aliphatic rings. The lowest BCUT2D eigenvalue weighted by Gasteiger charge is -2.29. The first-order valence-electron chi connectivity index (χ1n) is 8.45. The summed E-state index contributed by atoms with van der Waals surface area (Å²) in [5, 5.41) is 15.9. The maximum absolute atomic E-state index is 12.5. The fourth-order valence-corrected chi connectivity index (χ4v) is 3.14. The summed E-state index contributed by atoms with van der Waals surface area (Å²) >= 11 is 0. The molecule has 0 spiro atoms. The Labute approximate surface area is 142 Å². The van der Waals surface area contributed by atoms with Crippen molar-refractivity contribution in [3.63, 3.8) is 0 Å². The number of urea groups is 1. The first-order valence-corrected chi connectivity index (χ1v) is 8.45. The largest absolute Gasteiger partial charge is 0.391 e. The summed E-state index contributed by atoms with van der Waals surface area (Å²) in [6.45, 7) is 0. The summed E-state index contributed by atoms with van der Waals surface area (Å²) in [4.78, 5) is 16.8. The van der Waals surface area contributed by atoms with E-state index >= 15 is 0 Å². The zero-order valence-electron chi connectivity index (χ0n) is 13.6. The van der Waals surface area contributed by atoms with Crippen LogP contribution in [0.25, 0.3) is 0 Å². The summed E-state index contributed by atoms with van der Waals surface area (Å²) < 4.78 is 0. The quantitative estimate of drug-likeness (QED) is 0.809. The number of aliphatic hydroxyl groups is 1. The van der Waals surface area contributed by atoms with Crippen molar-refractivity contribution in [2.75, 3.05) is 0 Å². The number of aliphatic hydroxyl groups excluding tert-OH is 1. The van der Waals surface area contributed by atoms with Crippen molar-refractivity contribution in [1.29, 1.82) is 0 Å². The second kappa shape index (κ2) is 7.93. The van der Waals surface area contributed by atoms with Gasteiger partial charge in [-0.2, -0.15) is 0 Å². The second-order valence-corrected chi connectivity index (χ2v) is 6.17. The van der Waals surface area contributed by atoms with Gasteiger partial charge in [-0.3, -0.25) is 4.98 Å². The van der Waals surface area contributed by atoms with Crippen LogP contribution in [-0.4, -0.2) is 28.3 Å². The molecular formula is C19H23N3O2.